The molecule has 1 atom stereocenters. The first kappa shape index (κ1) is 21.4. The molecular weight excluding hydrogens is 406 g/mol. The molecule has 0 spiro atoms. The molecule has 5 nitrogen and oxygen atoms in total. The third-order valence-corrected chi connectivity index (χ3v) is 6.15. The van der Waals surface area contributed by atoms with Crippen LogP contribution in [-0.2, 0) is 13.0 Å². The molecule has 0 amide bonds. The summed E-state index contributed by atoms with van der Waals surface area (Å²) in [5, 5.41) is 13.2. The van der Waals surface area contributed by atoms with E-state index in [0.29, 0.717) is 30.7 Å². The van der Waals surface area contributed by atoms with Crippen LogP contribution >= 0.6 is 11.3 Å². The number of aromatic amines is 1. The molecule has 4 rings (SSSR count). The second-order valence-corrected chi connectivity index (χ2v) is 8.64. The smallest absolute Gasteiger partial charge is 0.260 e. The van der Waals surface area contributed by atoms with Gasteiger partial charge in [-0.3, -0.25) is 9.69 Å². The molecule has 160 valence electrons. The van der Waals surface area contributed by atoms with Crippen LogP contribution in [0.5, 0.6) is 0 Å². The summed E-state index contributed by atoms with van der Waals surface area (Å²) in [6.07, 6.45) is 1.09. The predicted molar refractivity (Wildman–Crippen MR) is 127 cm³/mol. The number of nitrogens with zero attached hydrogens (tertiary/aromatic N) is 2. The first-order valence-electron chi connectivity index (χ1n) is 10.6. The van der Waals surface area contributed by atoms with E-state index >= 15 is 0 Å². The Bertz CT molecular complexity index is 1170. The van der Waals surface area contributed by atoms with Crippen molar-refractivity contribution < 1.29 is 5.11 Å². The van der Waals surface area contributed by atoms with Gasteiger partial charge in [0.05, 0.1) is 18.0 Å². The molecular formula is C25H27N3O2S. The maximum Gasteiger partial charge on any atom is 0.260 e. The molecule has 2 N–H and O–H groups in total. The number of hydrogen-bond donors (Lipinski definition) is 2. The Morgan fingerprint density at radius 3 is 2.52 bits per heavy atom. The van der Waals surface area contributed by atoms with Crippen molar-refractivity contribution in [3.05, 3.63) is 87.8 Å². The maximum atomic E-state index is 12.9. The van der Waals surface area contributed by atoms with Gasteiger partial charge in [0.25, 0.3) is 5.56 Å². The molecule has 0 saturated carbocycles. The average Bonchev–Trinajstić information content (AvgIpc) is 3.20. The van der Waals surface area contributed by atoms with Gasteiger partial charge in [-0.1, -0.05) is 67.6 Å². The van der Waals surface area contributed by atoms with E-state index in [1.165, 1.54) is 11.3 Å². The first-order chi connectivity index (χ1) is 15.1. The second kappa shape index (κ2) is 10.0. The molecule has 0 bridgehead atoms. The summed E-state index contributed by atoms with van der Waals surface area (Å²) < 4.78 is 0. The Morgan fingerprint density at radius 2 is 1.81 bits per heavy atom. The molecule has 2 aromatic carbocycles. The highest BCUT2D eigenvalue weighted by atomic mass is 32.1. The van der Waals surface area contributed by atoms with Crippen LogP contribution in [0.1, 0.15) is 24.7 Å². The Morgan fingerprint density at radius 1 is 1.10 bits per heavy atom. The van der Waals surface area contributed by atoms with E-state index in [1.807, 2.05) is 66.0 Å². The van der Waals surface area contributed by atoms with Gasteiger partial charge in [0.2, 0.25) is 0 Å². The van der Waals surface area contributed by atoms with Crippen molar-refractivity contribution in [2.75, 3.05) is 13.1 Å². The van der Waals surface area contributed by atoms with Gasteiger partial charge < -0.3 is 10.1 Å². The molecule has 0 saturated heterocycles. The number of H-pyrrole nitrogens is 1. The van der Waals surface area contributed by atoms with E-state index in [4.69, 9.17) is 4.98 Å². The second-order valence-electron chi connectivity index (χ2n) is 7.79. The summed E-state index contributed by atoms with van der Waals surface area (Å²) in [4.78, 5) is 23.5. The van der Waals surface area contributed by atoms with Crippen LogP contribution in [0, 0.1) is 0 Å². The van der Waals surface area contributed by atoms with E-state index in [9.17, 15) is 9.90 Å². The Labute approximate surface area is 186 Å². The van der Waals surface area contributed by atoms with Crippen molar-refractivity contribution >= 4 is 21.6 Å². The summed E-state index contributed by atoms with van der Waals surface area (Å²) in [5.41, 5.74) is 2.95. The topological polar surface area (TPSA) is 69.2 Å². The van der Waals surface area contributed by atoms with Crippen molar-refractivity contribution in [1.82, 2.24) is 14.9 Å². The van der Waals surface area contributed by atoms with Crippen LogP contribution < -0.4 is 5.56 Å². The lowest BCUT2D eigenvalue weighted by atomic mass is 10.1. The molecule has 0 aliphatic heterocycles. The molecule has 31 heavy (non-hydrogen) atoms. The van der Waals surface area contributed by atoms with Gasteiger partial charge in [0.15, 0.2) is 0 Å². The predicted octanol–water partition coefficient (Wildman–Crippen LogP) is 4.47. The van der Waals surface area contributed by atoms with Crippen LogP contribution in [0.15, 0.2) is 70.8 Å². The highest BCUT2D eigenvalue weighted by molar-refractivity contribution is 7.17. The quantitative estimate of drug-likeness (QED) is 0.409. The van der Waals surface area contributed by atoms with Crippen molar-refractivity contribution in [2.45, 2.75) is 32.4 Å². The Kier molecular flexibility index (Phi) is 6.92. The van der Waals surface area contributed by atoms with Crippen molar-refractivity contribution in [3.63, 3.8) is 0 Å². The molecule has 2 aromatic heterocycles. The molecule has 6 heteroatoms. The van der Waals surface area contributed by atoms with Gasteiger partial charge >= 0.3 is 0 Å². The highest BCUT2D eigenvalue weighted by Crippen LogP contribution is 2.30. The largest absolute Gasteiger partial charge is 0.391 e. The standard InChI is InChI=1S/C25H27N3O2S/c1-2-13-28(15-20(29)14-18-9-5-3-6-10-18)16-22-26-24(30)23-21(17-31-25(23)27-22)19-11-7-4-8-12-19/h3-12,17,20,29H,2,13-16H2,1H3,(H,26,27,30). The third kappa shape index (κ3) is 5.28. The Balaban J connectivity index is 1.52. The summed E-state index contributed by atoms with van der Waals surface area (Å²) in [6, 6.07) is 19.9. The zero-order valence-electron chi connectivity index (χ0n) is 17.6. The number of benzene rings is 2. The molecule has 0 fully saturated rings. The highest BCUT2D eigenvalue weighted by Gasteiger charge is 2.16. The fourth-order valence-corrected chi connectivity index (χ4v) is 4.88. The molecule has 0 radical (unpaired) electrons. The number of aliphatic hydroxyl groups is 1. The lowest BCUT2D eigenvalue weighted by Crippen LogP contribution is -2.34. The molecule has 0 aliphatic carbocycles. The van der Waals surface area contributed by atoms with Crippen molar-refractivity contribution in [1.29, 1.82) is 0 Å². The van der Waals surface area contributed by atoms with E-state index in [2.05, 4.69) is 16.8 Å². The lowest BCUT2D eigenvalue weighted by Gasteiger charge is -2.24. The van der Waals surface area contributed by atoms with Gasteiger partial charge in [-0.2, -0.15) is 0 Å². The normalized spacial score (nSPS) is 12.5. The molecule has 2 heterocycles. The fraction of sp³-hybridized carbons (Fsp3) is 0.280. The molecule has 4 aromatic rings. The fourth-order valence-electron chi connectivity index (χ4n) is 3.91. The van der Waals surface area contributed by atoms with Crippen LogP contribution in [0.4, 0.5) is 0 Å². The Hall–Kier alpha value is -2.80. The minimum Gasteiger partial charge on any atom is -0.391 e. The van der Waals surface area contributed by atoms with Gasteiger partial charge in [0, 0.05) is 17.5 Å². The van der Waals surface area contributed by atoms with E-state index in [1.54, 1.807) is 0 Å². The number of nitrogens with one attached hydrogen (secondary N) is 1. The van der Waals surface area contributed by atoms with Gasteiger partial charge in [-0.05, 0) is 30.5 Å². The third-order valence-electron chi connectivity index (χ3n) is 5.27. The summed E-state index contributed by atoms with van der Waals surface area (Å²) >= 11 is 1.49. The van der Waals surface area contributed by atoms with E-state index < -0.39 is 6.10 Å². The van der Waals surface area contributed by atoms with Crippen molar-refractivity contribution in [2.24, 2.45) is 0 Å². The van der Waals surface area contributed by atoms with Gasteiger partial charge in [0.1, 0.15) is 10.7 Å². The van der Waals surface area contributed by atoms with Crippen LogP contribution in [-0.4, -0.2) is 39.2 Å². The minimum atomic E-state index is -0.476. The van der Waals surface area contributed by atoms with E-state index in [0.717, 1.165) is 34.5 Å². The van der Waals surface area contributed by atoms with Crippen LogP contribution in [0.2, 0.25) is 0 Å². The van der Waals surface area contributed by atoms with Crippen LogP contribution in [0.25, 0.3) is 21.3 Å². The van der Waals surface area contributed by atoms with Gasteiger partial charge in [-0.25, -0.2) is 4.98 Å². The summed E-state index contributed by atoms with van der Waals surface area (Å²) in [7, 11) is 0. The first-order valence-corrected chi connectivity index (χ1v) is 11.5. The monoisotopic (exact) mass is 433 g/mol. The molecule has 0 aliphatic rings. The summed E-state index contributed by atoms with van der Waals surface area (Å²) in [5.74, 6) is 0.638. The number of aliphatic hydroxyl groups excluding tert-OH is 1. The summed E-state index contributed by atoms with van der Waals surface area (Å²) in [6.45, 7) is 3.97. The number of hydrogen-bond acceptors (Lipinski definition) is 5. The minimum absolute atomic E-state index is 0.110. The van der Waals surface area contributed by atoms with Crippen LogP contribution in [0.3, 0.4) is 0 Å². The zero-order valence-corrected chi connectivity index (χ0v) is 18.4. The lowest BCUT2D eigenvalue weighted by molar-refractivity contribution is 0.107. The van der Waals surface area contributed by atoms with Crippen molar-refractivity contribution in [3.8, 4) is 11.1 Å². The molecule has 1 unspecified atom stereocenters. The maximum absolute atomic E-state index is 12.9. The number of thiophene rings is 1. The number of fused-ring (bicyclic) bond motifs is 1. The van der Waals surface area contributed by atoms with Gasteiger partial charge in [-0.15, -0.1) is 11.3 Å². The SMILES string of the molecule is CCCN(Cc1nc2scc(-c3ccccc3)c2c(=O)[nH]1)CC(O)Cc1ccccc1. The number of aromatic nitrogens is 2. The zero-order chi connectivity index (χ0) is 21.6. The van der Waals surface area contributed by atoms with E-state index in [-0.39, 0.29) is 5.56 Å². The average molecular weight is 434 g/mol. The number of rotatable bonds is 9.